The molecule has 0 saturated heterocycles. The molecule has 6 heteroatoms. The lowest BCUT2D eigenvalue weighted by Crippen LogP contribution is -2.31. The molecular formula is C18H14BrN5. The minimum atomic E-state index is 0.359. The predicted molar refractivity (Wildman–Crippen MR) is 95.0 cm³/mol. The van der Waals surface area contributed by atoms with Gasteiger partial charge >= 0.3 is 0 Å². The Kier molecular flexibility index (Phi) is 3.79. The Balaban J connectivity index is 1.69. The van der Waals surface area contributed by atoms with Crippen molar-refractivity contribution in [3.05, 3.63) is 69.8 Å². The molecule has 4 rings (SSSR count). The number of fused-ring (bicyclic) bond motifs is 1. The van der Waals surface area contributed by atoms with Crippen molar-refractivity contribution >= 4 is 21.7 Å². The van der Waals surface area contributed by atoms with Crippen molar-refractivity contribution in [3.63, 3.8) is 0 Å². The lowest BCUT2D eigenvalue weighted by molar-refractivity contribution is 0.699. The van der Waals surface area contributed by atoms with E-state index in [4.69, 9.17) is 0 Å². The number of anilines is 1. The SMILES string of the molecule is N#Cc1nn(-c2ccc(Br)cc2)nc1N1CCc2ccccc2C1. The van der Waals surface area contributed by atoms with Crippen LogP contribution in [0.4, 0.5) is 5.82 Å². The second-order valence-corrected chi connectivity index (χ2v) is 6.61. The minimum Gasteiger partial charge on any atom is -0.348 e. The molecule has 0 spiro atoms. The fourth-order valence-corrected chi connectivity index (χ4v) is 3.21. The lowest BCUT2D eigenvalue weighted by Gasteiger charge is -2.28. The van der Waals surface area contributed by atoms with Crippen LogP contribution in [0.3, 0.4) is 0 Å². The van der Waals surface area contributed by atoms with E-state index >= 15 is 0 Å². The average Bonchev–Trinajstić information content (AvgIpc) is 3.06. The van der Waals surface area contributed by atoms with Gasteiger partial charge in [-0.3, -0.25) is 0 Å². The zero-order valence-electron chi connectivity index (χ0n) is 12.9. The maximum Gasteiger partial charge on any atom is 0.207 e. The number of hydrogen-bond donors (Lipinski definition) is 0. The lowest BCUT2D eigenvalue weighted by atomic mass is 10.00. The molecular weight excluding hydrogens is 366 g/mol. The quantitative estimate of drug-likeness (QED) is 0.683. The Labute approximate surface area is 148 Å². The molecule has 1 aliphatic rings. The standard InChI is InChI=1S/C18H14BrN5/c19-15-5-7-16(8-6-15)24-21-17(11-20)18(22-24)23-10-9-13-3-1-2-4-14(13)12-23/h1-8H,9-10,12H2. The Hall–Kier alpha value is -2.65. The van der Waals surface area contributed by atoms with Crippen LogP contribution in [-0.2, 0) is 13.0 Å². The Morgan fingerprint density at radius 3 is 2.50 bits per heavy atom. The third-order valence-corrected chi connectivity index (χ3v) is 4.72. The Morgan fingerprint density at radius 1 is 1.00 bits per heavy atom. The molecule has 1 aliphatic heterocycles. The van der Waals surface area contributed by atoms with Gasteiger partial charge in [-0.1, -0.05) is 40.2 Å². The fraction of sp³-hybridized carbons (Fsp3) is 0.167. The first-order chi connectivity index (χ1) is 11.7. The van der Waals surface area contributed by atoms with Gasteiger partial charge < -0.3 is 4.90 Å². The topological polar surface area (TPSA) is 57.7 Å². The van der Waals surface area contributed by atoms with Gasteiger partial charge in [-0.15, -0.1) is 15.0 Å². The summed E-state index contributed by atoms with van der Waals surface area (Å²) in [5.41, 5.74) is 3.84. The van der Waals surface area contributed by atoms with E-state index in [1.54, 1.807) is 0 Å². The van der Waals surface area contributed by atoms with Gasteiger partial charge in [0, 0.05) is 17.6 Å². The molecule has 5 nitrogen and oxygen atoms in total. The maximum absolute atomic E-state index is 9.45. The van der Waals surface area contributed by atoms with Crippen molar-refractivity contribution < 1.29 is 0 Å². The van der Waals surface area contributed by atoms with Crippen molar-refractivity contribution in [3.8, 4) is 11.8 Å². The van der Waals surface area contributed by atoms with Gasteiger partial charge in [-0.2, -0.15) is 5.26 Å². The molecule has 0 unspecified atom stereocenters. The Morgan fingerprint density at radius 2 is 1.75 bits per heavy atom. The third-order valence-electron chi connectivity index (χ3n) is 4.19. The van der Waals surface area contributed by atoms with E-state index in [0.29, 0.717) is 11.5 Å². The first-order valence-corrected chi connectivity index (χ1v) is 8.49. The molecule has 3 aromatic rings. The van der Waals surface area contributed by atoms with Gasteiger partial charge in [0.05, 0.1) is 5.69 Å². The number of nitrogens with zero attached hydrogens (tertiary/aromatic N) is 5. The molecule has 0 radical (unpaired) electrons. The maximum atomic E-state index is 9.45. The molecule has 0 aliphatic carbocycles. The van der Waals surface area contributed by atoms with Crippen LogP contribution in [0.15, 0.2) is 53.0 Å². The molecule has 118 valence electrons. The van der Waals surface area contributed by atoms with E-state index in [2.05, 4.69) is 55.3 Å². The van der Waals surface area contributed by atoms with Gasteiger partial charge in [0.2, 0.25) is 5.69 Å². The molecule has 1 aromatic heterocycles. The third kappa shape index (κ3) is 2.68. The van der Waals surface area contributed by atoms with Crippen LogP contribution in [0.5, 0.6) is 0 Å². The monoisotopic (exact) mass is 379 g/mol. The summed E-state index contributed by atoms with van der Waals surface area (Å²) in [5.74, 6) is 0.648. The van der Waals surface area contributed by atoms with Gasteiger partial charge in [-0.25, -0.2) is 0 Å². The highest BCUT2D eigenvalue weighted by Crippen LogP contribution is 2.25. The van der Waals surface area contributed by atoms with Crippen LogP contribution in [0.2, 0.25) is 0 Å². The number of hydrogen-bond acceptors (Lipinski definition) is 4. The molecule has 0 amide bonds. The van der Waals surface area contributed by atoms with Gasteiger partial charge in [0.25, 0.3) is 0 Å². The summed E-state index contributed by atoms with van der Waals surface area (Å²) in [5, 5.41) is 18.4. The first-order valence-electron chi connectivity index (χ1n) is 7.70. The van der Waals surface area contributed by atoms with Crippen molar-refractivity contribution in [1.82, 2.24) is 15.0 Å². The van der Waals surface area contributed by atoms with Gasteiger partial charge in [0.1, 0.15) is 6.07 Å². The summed E-state index contributed by atoms with van der Waals surface area (Å²) in [4.78, 5) is 3.66. The summed E-state index contributed by atoms with van der Waals surface area (Å²) >= 11 is 3.42. The van der Waals surface area contributed by atoms with Crippen LogP contribution in [0, 0.1) is 11.3 Å². The molecule has 0 saturated carbocycles. The van der Waals surface area contributed by atoms with Gasteiger partial charge in [0.15, 0.2) is 5.82 Å². The second kappa shape index (κ2) is 6.10. The van der Waals surface area contributed by atoms with Crippen LogP contribution >= 0.6 is 15.9 Å². The van der Waals surface area contributed by atoms with E-state index in [9.17, 15) is 5.26 Å². The molecule has 0 bridgehead atoms. The van der Waals surface area contributed by atoms with Crippen LogP contribution in [0.1, 0.15) is 16.8 Å². The van der Waals surface area contributed by atoms with Crippen LogP contribution in [0.25, 0.3) is 5.69 Å². The summed E-state index contributed by atoms with van der Waals surface area (Å²) < 4.78 is 0.992. The molecule has 0 atom stereocenters. The number of aromatic nitrogens is 3. The highest BCUT2D eigenvalue weighted by molar-refractivity contribution is 9.10. The summed E-state index contributed by atoms with van der Waals surface area (Å²) in [6.07, 6.45) is 0.951. The zero-order chi connectivity index (χ0) is 16.5. The summed E-state index contributed by atoms with van der Waals surface area (Å²) in [7, 11) is 0. The average molecular weight is 380 g/mol. The number of rotatable bonds is 2. The zero-order valence-corrected chi connectivity index (χ0v) is 14.4. The minimum absolute atomic E-state index is 0.359. The normalized spacial score (nSPS) is 13.4. The van der Waals surface area contributed by atoms with Crippen molar-refractivity contribution in [2.24, 2.45) is 0 Å². The van der Waals surface area contributed by atoms with Crippen LogP contribution in [-0.4, -0.2) is 21.5 Å². The van der Waals surface area contributed by atoms with Crippen LogP contribution < -0.4 is 4.90 Å². The van der Waals surface area contributed by atoms with Crippen molar-refractivity contribution in [1.29, 1.82) is 5.26 Å². The Bertz CT molecular complexity index is 923. The number of benzene rings is 2. The number of halogens is 1. The number of nitriles is 1. The predicted octanol–water partition coefficient (Wildman–Crippen LogP) is 3.46. The molecule has 2 heterocycles. The first kappa shape index (κ1) is 14.9. The fourth-order valence-electron chi connectivity index (χ4n) is 2.95. The van der Waals surface area contributed by atoms with Gasteiger partial charge in [-0.05, 0) is 41.8 Å². The summed E-state index contributed by atoms with van der Waals surface area (Å²) in [6.45, 7) is 1.59. The van der Waals surface area contributed by atoms with E-state index < -0.39 is 0 Å². The molecule has 2 aromatic carbocycles. The van der Waals surface area contributed by atoms with E-state index in [0.717, 1.165) is 29.7 Å². The highest BCUT2D eigenvalue weighted by atomic mass is 79.9. The largest absolute Gasteiger partial charge is 0.348 e. The highest BCUT2D eigenvalue weighted by Gasteiger charge is 2.22. The second-order valence-electron chi connectivity index (χ2n) is 5.69. The molecule has 24 heavy (non-hydrogen) atoms. The van der Waals surface area contributed by atoms with Crippen molar-refractivity contribution in [2.75, 3.05) is 11.4 Å². The summed E-state index contributed by atoms with van der Waals surface area (Å²) in [6, 6.07) is 18.3. The molecule has 0 N–H and O–H groups in total. The van der Waals surface area contributed by atoms with E-state index in [1.807, 2.05) is 30.3 Å². The smallest absolute Gasteiger partial charge is 0.207 e. The van der Waals surface area contributed by atoms with Crippen molar-refractivity contribution in [2.45, 2.75) is 13.0 Å². The van der Waals surface area contributed by atoms with E-state index in [-0.39, 0.29) is 0 Å². The molecule has 0 fully saturated rings. The van der Waals surface area contributed by atoms with E-state index in [1.165, 1.54) is 15.9 Å².